The molecule has 0 amide bonds. The standard InChI is InChI=1S/C18H16O2/c1-3-18(19)16-10-6-14(7-11-16)4-5-15-8-12-17(20-2)13-9-15/h6-13H,3H2,1-2H3. The molecule has 0 aromatic heterocycles. The van der Waals surface area contributed by atoms with Gasteiger partial charge in [0.25, 0.3) is 0 Å². The number of hydrogen-bond donors (Lipinski definition) is 0. The van der Waals surface area contributed by atoms with Crippen LogP contribution in [0.15, 0.2) is 48.5 Å². The second-order valence-corrected chi connectivity index (χ2v) is 4.33. The predicted octanol–water partition coefficient (Wildman–Crippen LogP) is 3.69. The van der Waals surface area contributed by atoms with Gasteiger partial charge < -0.3 is 4.74 Å². The number of carbonyl (C=O) groups is 1. The average Bonchev–Trinajstić information content (AvgIpc) is 2.53. The quantitative estimate of drug-likeness (QED) is 0.624. The molecule has 0 spiro atoms. The molecule has 0 fully saturated rings. The van der Waals surface area contributed by atoms with Gasteiger partial charge >= 0.3 is 0 Å². The van der Waals surface area contributed by atoms with Crippen molar-refractivity contribution < 1.29 is 9.53 Å². The Kier molecular flexibility index (Phi) is 4.57. The molecule has 0 saturated heterocycles. The van der Waals surface area contributed by atoms with Gasteiger partial charge in [-0.1, -0.05) is 30.9 Å². The molecular formula is C18H16O2. The van der Waals surface area contributed by atoms with E-state index in [-0.39, 0.29) is 5.78 Å². The molecule has 0 aliphatic heterocycles. The van der Waals surface area contributed by atoms with Crippen LogP contribution < -0.4 is 4.74 Å². The van der Waals surface area contributed by atoms with Gasteiger partial charge in [-0.15, -0.1) is 0 Å². The van der Waals surface area contributed by atoms with Crippen molar-refractivity contribution in [3.05, 3.63) is 65.2 Å². The van der Waals surface area contributed by atoms with E-state index in [9.17, 15) is 4.79 Å². The molecule has 2 aromatic carbocycles. The highest BCUT2D eigenvalue weighted by atomic mass is 16.5. The first-order valence-corrected chi connectivity index (χ1v) is 6.52. The maximum absolute atomic E-state index is 11.5. The summed E-state index contributed by atoms with van der Waals surface area (Å²) in [6.07, 6.45) is 0.525. The summed E-state index contributed by atoms with van der Waals surface area (Å²) in [5.74, 6) is 7.13. The Morgan fingerprint density at radius 3 is 1.90 bits per heavy atom. The number of carbonyl (C=O) groups excluding carboxylic acids is 1. The Balaban J connectivity index is 2.13. The summed E-state index contributed by atoms with van der Waals surface area (Å²) in [7, 11) is 1.64. The highest BCUT2D eigenvalue weighted by molar-refractivity contribution is 5.95. The number of Topliss-reactive ketones (excluding diaryl/α,β-unsaturated/α-hetero) is 1. The van der Waals surface area contributed by atoms with Crippen molar-refractivity contribution in [1.82, 2.24) is 0 Å². The third-order valence-electron chi connectivity index (χ3n) is 2.97. The van der Waals surface area contributed by atoms with Crippen molar-refractivity contribution >= 4 is 5.78 Å². The maximum Gasteiger partial charge on any atom is 0.162 e. The van der Waals surface area contributed by atoms with E-state index in [1.54, 1.807) is 7.11 Å². The number of ether oxygens (including phenoxy) is 1. The van der Waals surface area contributed by atoms with Crippen molar-refractivity contribution in [2.75, 3.05) is 7.11 Å². The van der Waals surface area contributed by atoms with Crippen molar-refractivity contribution in [1.29, 1.82) is 0 Å². The zero-order chi connectivity index (χ0) is 14.4. The molecule has 2 rings (SSSR count). The molecular weight excluding hydrogens is 248 g/mol. The molecule has 2 nitrogen and oxygen atoms in total. The first-order chi connectivity index (χ1) is 9.72. The van der Waals surface area contributed by atoms with Gasteiger partial charge in [-0.2, -0.15) is 0 Å². The number of benzene rings is 2. The van der Waals surface area contributed by atoms with E-state index >= 15 is 0 Å². The SMILES string of the molecule is CCC(=O)c1ccc(C#Cc2ccc(OC)cc2)cc1. The lowest BCUT2D eigenvalue weighted by atomic mass is 10.1. The number of ketones is 1. The van der Waals surface area contributed by atoms with Crippen LogP contribution in [0.5, 0.6) is 5.75 Å². The van der Waals surface area contributed by atoms with E-state index in [4.69, 9.17) is 4.74 Å². The second kappa shape index (κ2) is 6.58. The molecule has 0 saturated carbocycles. The third kappa shape index (κ3) is 3.49. The van der Waals surface area contributed by atoms with Crippen LogP contribution in [0.1, 0.15) is 34.8 Å². The first-order valence-electron chi connectivity index (χ1n) is 6.52. The van der Waals surface area contributed by atoms with Crippen molar-refractivity contribution in [3.63, 3.8) is 0 Å². The minimum absolute atomic E-state index is 0.152. The highest BCUT2D eigenvalue weighted by Crippen LogP contribution is 2.11. The zero-order valence-corrected chi connectivity index (χ0v) is 11.6. The second-order valence-electron chi connectivity index (χ2n) is 4.33. The zero-order valence-electron chi connectivity index (χ0n) is 11.6. The Hall–Kier alpha value is -2.53. The smallest absolute Gasteiger partial charge is 0.162 e. The minimum atomic E-state index is 0.152. The van der Waals surface area contributed by atoms with Crippen LogP contribution in [0.2, 0.25) is 0 Å². The fourth-order valence-corrected chi connectivity index (χ4v) is 1.76. The van der Waals surface area contributed by atoms with Gasteiger partial charge in [0.1, 0.15) is 5.75 Å². The summed E-state index contributed by atoms with van der Waals surface area (Å²) >= 11 is 0. The summed E-state index contributed by atoms with van der Waals surface area (Å²) < 4.78 is 5.10. The van der Waals surface area contributed by atoms with Gasteiger partial charge in [0.2, 0.25) is 0 Å². The summed E-state index contributed by atoms with van der Waals surface area (Å²) in [4.78, 5) is 11.5. The minimum Gasteiger partial charge on any atom is -0.497 e. The number of hydrogen-bond acceptors (Lipinski definition) is 2. The monoisotopic (exact) mass is 264 g/mol. The lowest BCUT2D eigenvalue weighted by molar-refractivity contribution is 0.0988. The van der Waals surface area contributed by atoms with Crippen LogP contribution in [0.3, 0.4) is 0 Å². The molecule has 0 N–H and O–H groups in total. The van der Waals surface area contributed by atoms with E-state index < -0.39 is 0 Å². The Morgan fingerprint density at radius 1 is 0.950 bits per heavy atom. The van der Waals surface area contributed by atoms with E-state index in [2.05, 4.69) is 11.8 Å². The van der Waals surface area contributed by atoms with E-state index in [1.165, 1.54) is 0 Å². The van der Waals surface area contributed by atoms with Crippen LogP contribution in [0.4, 0.5) is 0 Å². The van der Waals surface area contributed by atoms with Crippen molar-refractivity contribution in [3.8, 4) is 17.6 Å². The maximum atomic E-state index is 11.5. The molecule has 2 aromatic rings. The topological polar surface area (TPSA) is 26.3 Å². The van der Waals surface area contributed by atoms with Gasteiger partial charge in [-0.05, 0) is 36.4 Å². The van der Waals surface area contributed by atoms with Crippen LogP contribution in [-0.4, -0.2) is 12.9 Å². The molecule has 2 heteroatoms. The number of rotatable bonds is 3. The molecule has 100 valence electrons. The lowest BCUT2D eigenvalue weighted by Crippen LogP contribution is -1.95. The van der Waals surface area contributed by atoms with E-state index in [0.717, 1.165) is 22.4 Å². The highest BCUT2D eigenvalue weighted by Gasteiger charge is 2.01. The summed E-state index contributed by atoms with van der Waals surface area (Å²) in [5.41, 5.74) is 2.57. The normalized spacial score (nSPS) is 9.50. The molecule has 0 heterocycles. The van der Waals surface area contributed by atoms with Gasteiger partial charge in [-0.3, -0.25) is 4.79 Å². The average molecular weight is 264 g/mol. The van der Waals surface area contributed by atoms with Gasteiger partial charge in [-0.25, -0.2) is 0 Å². The summed E-state index contributed by atoms with van der Waals surface area (Å²) in [6, 6.07) is 15.0. The van der Waals surface area contributed by atoms with Gasteiger partial charge in [0, 0.05) is 23.1 Å². The van der Waals surface area contributed by atoms with E-state index in [1.807, 2.05) is 55.5 Å². The fraction of sp³-hybridized carbons (Fsp3) is 0.167. The van der Waals surface area contributed by atoms with Gasteiger partial charge in [0.05, 0.1) is 7.11 Å². The van der Waals surface area contributed by atoms with Crippen LogP contribution in [0.25, 0.3) is 0 Å². The molecule has 0 radical (unpaired) electrons. The van der Waals surface area contributed by atoms with Crippen molar-refractivity contribution in [2.45, 2.75) is 13.3 Å². The fourth-order valence-electron chi connectivity index (χ4n) is 1.76. The van der Waals surface area contributed by atoms with E-state index in [0.29, 0.717) is 6.42 Å². The lowest BCUT2D eigenvalue weighted by Gasteiger charge is -1.98. The Labute approximate surface area is 119 Å². The van der Waals surface area contributed by atoms with Crippen molar-refractivity contribution in [2.24, 2.45) is 0 Å². The summed E-state index contributed by atoms with van der Waals surface area (Å²) in [6.45, 7) is 1.86. The largest absolute Gasteiger partial charge is 0.497 e. The predicted molar refractivity (Wildman–Crippen MR) is 80.0 cm³/mol. The molecule has 0 aliphatic rings. The van der Waals surface area contributed by atoms with Gasteiger partial charge in [0.15, 0.2) is 5.78 Å². The summed E-state index contributed by atoms with van der Waals surface area (Å²) in [5, 5.41) is 0. The van der Waals surface area contributed by atoms with Crippen LogP contribution >= 0.6 is 0 Å². The third-order valence-corrected chi connectivity index (χ3v) is 2.97. The number of methoxy groups -OCH3 is 1. The van der Waals surface area contributed by atoms with Crippen LogP contribution in [-0.2, 0) is 0 Å². The Morgan fingerprint density at radius 2 is 1.45 bits per heavy atom. The molecule has 0 bridgehead atoms. The molecule has 20 heavy (non-hydrogen) atoms. The molecule has 0 aliphatic carbocycles. The first kappa shape index (κ1) is 13.9. The molecule has 0 unspecified atom stereocenters. The van der Waals surface area contributed by atoms with Crippen LogP contribution in [0, 0.1) is 11.8 Å². The Bertz CT molecular complexity index is 641. The molecule has 0 atom stereocenters.